The number of rotatable bonds is 4. The van der Waals surface area contributed by atoms with Crippen molar-refractivity contribution < 1.29 is 0 Å². The molecular weight excluding hydrogens is 411 g/mol. The van der Waals surface area contributed by atoms with Crippen molar-refractivity contribution in [3.05, 3.63) is 68.5 Å². The molecule has 1 aliphatic carbocycles. The number of pyridine rings is 1. The molecule has 0 N–H and O–H groups in total. The van der Waals surface area contributed by atoms with Gasteiger partial charge in [0.05, 0.1) is 28.7 Å². The van der Waals surface area contributed by atoms with Crippen molar-refractivity contribution in [2.24, 2.45) is 10.1 Å². The van der Waals surface area contributed by atoms with E-state index in [9.17, 15) is 0 Å². The van der Waals surface area contributed by atoms with E-state index in [1.165, 1.54) is 19.3 Å². The van der Waals surface area contributed by atoms with Crippen molar-refractivity contribution in [1.29, 1.82) is 0 Å². The molecule has 1 saturated carbocycles. The van der Waals surface area contributed by atoms with Crippen LogP contribution in [0, 0.1) is 0 Å². The van der Waals surface area contributed by atoms with Gasteiger partial charge in [0, 0.05) is 22.2 Å². The molecule has 144 valence electrons. The standard InChI is InChI=1S/C21H20Cl2N4S/c22-15-9-10-19(23)18(12-15)20-14-28-21(26-16-6-2-1-3-7-16)27(20)25-13-17-8-4-5-11-24-17/h4-5,8-14,16H,1-3,6-7H2. The summed E-state index contributed by atoms with van der Waals surface area (Å²) in [6, 6.07) is 11.6. The molecule has 4 nitrogen and oxygen atoms in total. The third kappa shape index (κ3) is 4.54. The third-order valence-electron chi connectivity index (χ3n) is 4.75. The fraction of sp³-hybridized carbons (Fsp3) is 0.286. The fourth-order valence-electron chi connectivity index (χ4n) is 3.32. The van der Waals surface area contributed by atoms with Gasteiger partial charge < -0.3 is 0 Å². The molecule has 0 saturated heterocycles. The molecule has 1 fully saturated rings. The molecule has 2 heterocycles. The minimum Gasteiger partial charge on any atom is -0.255 e. The van der Waals surface area contributed by atoms with Gasteiger partial charge in [0.15, 0.2) is 0 Å². The first kappa shape index (κ1) is 19.4. The summed E-state index contributed by atoms with van der Waals surface area (Å²) in [5.41, 5.74) is 2.50. The summed E-state index contributed by atoms with van der Waals surface area (Å²) >= 11 is 14.3. The van der Waals surface area contributed by atoms with E-state index in [0.717, 1.165) is 34.6 Å². The minimum absolute atomic E-state index is 0.353. The highest BCUT2D eigenvalue weighted by atomic mass is 35.5. The molecule has 28 heavy (non-hydrogen) atoms. The molecule has 1 aliphatic rings. The Labute approximate surface area is 178 Å². The highest BCUT2D eigenvalue weighted by Gasteiger charge is 2.15. The van der Waals surface area contributed by atoms with Crippen LogP contribution in [0.4, 0.5) is 0 Å². The smallest absolute Gasteiger partial charge is 0.206 e. The van der Waals surface area contributed by atoms with E-state index < -0.39 is 0 Å². The number of benzene rings is 1. The lowest BCUT2D eigenvalue weighted by molar-refractivity contribution is 0.435. The highest BCUT2D eigenvalue weighted by Crippen LogP contribution is 2.31. The SMILES string of the molecule is Clc1ccc(Cl)c(-c2csc(=NC3CCCCC3)n2N=Cc2ccccn2)c1. The number of aromatic nitrogens is 2. The summed E-state index contributed by atoms with van der Waals surface area (Å²) in [5.74, 6) is 0. The summed E-state index contributed by atoms with van der Waals surface area (Å²) < 4.78 is 1.85. The molecule has 0 bridgehead atoms. The van der Waals surface area contributed by atoms with Crippen molar-refractivity contribution in [1.82, 2.24) is 9.66 Å². The van der Waals surface area contributed by atoms with Crippen LogP contribution in [0.15, 0.2) is 58.1 Å². The first-order chi connectivity index (χ1) is 13.7. The molecule has 0 radical (unpaired) electrons. The van der Waals surface area contributed by atoms with Gasteiger partial charge in [-0.15, -0.1) is 11.3 Å². The van der Waals surface area contributed by atoms with Crippen LogP contribution in [0.1, 0.15) is 37.8 Å². The second kappa shape index (κ2) is 9.03. The lowest BCUT2D eigenvalue weighted by Gasteiger charge is -2.16. The molecule has 2 aromatic heterocycles. The van der Waals surface area contributed by atoms with Crippen LogP contribution in [-0.2, 0) is 0 Å². The molecule has 0 atom stereocenters. The zero-order chi connectivity index (χ0) is 19.3. The van der Waals surface area contributed by atoms with Gasteiger partial charge in [0.1, 0.15) is 0 Å². The Morgan fingerprint density at radius 2 is 1.96 bits per heavy atom. The van der Waals surface area contributed by atoms with Gasteiger partial charge in [-0.1, -0.05) is 48.5 Å². The van der Waals surface area contributed by atoms with E-state index in [0.29, 0.717) is 16.1 Å². The van der Waals surface area contributed by atoms with E-state index in [2.05, 4.69) is 4.98 Å². The molecule has 0 aliphatic heterocycles. The number of hydrogen-bond donors (Lipinski definition) is 0. The van der Waals surface area contributed by atoms with Crippen molar-refractivity contribution in [2.45, 2.75) is 38.1 Å². The van der Waals surface area contributed by atoms with Crippen LogP contribution < -0.4 is 4.80 Å². The average molecular weight is 431 g/mol. The van der Waals surface area contributed by atoms with Crippen LogP contribution in [0.3, 0.4) is 0 Å². The monoisotopic (exact) mass is 430 g/mol. The first-order valence-corrected chi connectivity index (χ1v) is 11.0. The largest absolute Gasteiger partial charge is 0.255 e. The maximum absolute atomic E-state index is 6.46. The third-order valence-corrected chi connectivity index (χ3v) is 6.15. The van der Waals surface area contributed by atoms with E-state index in [4.69, 9.17) is 33.3 Å². The van der Waals surface area contributed by atoms with E-state index in [1.54, 1.807) is 29.8 Å². The van der Waals surface area contributed by atoms with Gasteiger partial charge >= 0.3 is 0 Å². The molecule has 1 aromatic carbocycles. The lowest BCUT2D eigenvalue weighted by Crippen LogP contribution is -2.19. The Morgan fingerprint density at radius 1 is 1.11 bits per heavy atom. The summed E-state index contributed by atoms with van der Waals surface area (Å²) in [7, 11) is 0. The van der Waals surface area contributed by atoms with Gasteiger partial charge in [-0.3, -0.25) is 9.98 Å². The van der Waals surface area contributed by atoms with Crippen molar-refractivity contribution in [3.8, 4) is 11.3 Å². The Bertz CT molecular complexity index is 1030. The van der Waals surface area contributed by atoms with Crippen molar-refractivity contribution in [3.63, 3.8) is 0 Å². The van der Waals surface area contributed by atoms with Crippen LogP contribution in [0.2, 0.25) is 10.0 Å². The van der Waals surface area contributed by atoms with Crippen molar-refractivity contribution >= 4 is 40.8 Å². The van der Waals surface area contributed by atoms with Gasteiger partial charge in [0.25, 0.3) is 0 Å². The Hall–Kier alpha value is -1.95. The van der Waals surface area contributed by atoms with Gasteiger partial charge in [0.2, 0.25) is 4.80 Å². The maximum atomic E-state index is 6.46. The zero-order valence-electron chi connectivity index (χ0n) is 15.3. The number of nitrogens with zero attached hydrogens (tertiary/aromatic N) is 4. The second-order valence-electron chi connectivity index (χ2n) is 6.76. The topological polar surface area (TPSA) is 42.5 Å². The van der Waals surface area contributed by atoms with Crippen LogP contribution in [-0.4, -0.2) is 21.9 Å². The molecule has 0 spiro atoms. The normalized spacial score (nSPS) is 16.1. The quantitative estimate of drug-likeness (QED) is 0.465. The second-order valence-corrected chi connectivity index (χ2v) is 8.44. The van der Waals surface area contributed by atoms with Crippen molar-refractivity contribution in [2.75, 3.05) is 0 Å². The Morgan fingerprint density at radius 3 is 2.75 bits per heavy atom. The average Bonchev–Trinajstić information content (AvgIpc) is 3.12. The molecule has 0 unspecified atom stereocenters. The zero-order valence-corrected chi connectivity index (χ0v) is 17.6. The predicted molar refractivity (Wildman–Crippen MR) is 117 cm³/mol. The Kier molecular flexibility index (Phi) is 6.25. The predicted octanol–water partition coefficient (Wildman–Crippen LogP) is 6.03. The summed E-state index contributed by atoms with van der Waals surface area (Å²) in [5, 5.41) is 8.00. The maximum Gasteiger partial charge on any atom is 0.206 e. The first-order valence-electron chi connectivity index (χ1n) is 9.36. The molecule has 3 aromatic rings. The van der Waals surface area contributed by atoms with Gasteiger partial charge in [-0.05, 0) is 43.2 Å². The Balaban J connectivity index is 1.81. The number of thiazole rings is 1. The van der Waals surface area contributed by atoms with Crippen LogP contribution >= 0.6 is 34.5 Å². The van der Waals surface area contributed by atoms with E-state index in [1.807, 2.05) is 40.4 Å². The lowest BCUT2D eigenvalue weighted by atomic mass is 9.96. The summed E-state index contributed by atoms with van der Waals surface area (Å²) in [6.45, 7) is 0. The molecule has 7 heteroatoms. The van der Waals surface area contributed by atoms with Crippen LogP contribution in [0.5, 0.6) is 0 Å². The fourth-order valence-corrected chi connectivity index (χ4v) is 4.60. The molecular formula is C21H20Cl2N4S. The molecule has 4 rings (SSSR count). The van der Waals surface area contributed by atoms with Gasteiger partial charge in [-0.2, -0.15) is 5.10 Å². The highest BCUT2D eigenvalue weighted by molar-refractivity contribution is 7.07. The minimum atomic E-state index is 0.353. The van der Waals surface area contributed by atoms with E-state index >= 15 is 0 Å². The van der Waals surface area contributed by atoms with Gasteiger partial charge in [-0.25, -0.2) is 4.68 Å². The number of hydrogen-bond acceptors (Lipinski definition) is 4. The van der Waals surface area contributed by atoms with E-state index in [-0.39, 0.29) is 0 Å². The summed E-state index contributed by atoms with van der Waals surface area (Å²) in [6.07, 6.45) is 9.55. The number of halogens is 2. The summed E-state index contributed by atoms with van der Waals surface area (Å²) in [4.78, 5) is 10.2. The molecule has 0 amide bonds. The van der Waals surface area contributed by atoms with Crippen LogP contribution in [0.25, 0.3) is 11.3 Å².